The number of rotatable bonds is 0. The van der Waals surface area contributed by atoms with E-state index in [9.17, 15) is 0 Å². The molecule has 2 nitrogen and oxygen atoms in total. The molecule has 0 atom stereocenters. The fourth-order valence-corrected chi connectivity index (χ4v) is 8.36. The van der Waals surface area contributed by atoms with Gasteiger partial charge in [-0.3, -0.25) is 0 Å². The van der Waals surface area contributed by atoms with E-state index in [1.807, 2.05) is 0 Å². The summed E-state index contributed by atoms with van der Waals surface area (Å²) >= 11 is 0. The van der Waals surface area contributed by atoms with Gasteiger partial charge in [0.05, 0.1) is 11.0 Å². The number of para-hydroxylation sites is 2. The van der Waals surface area contributed by atoms with Crippen LogP contribution in [0.5, 0.6) is 0 Å². The molecule has 0 spiro atoms. The molecular formula is C38H21BN2. The highest BCUT2D eigenvalue weighted by Crippen LogP contribution is 2.41. The van der Waals surface area contributed by atoms with Gasteiger partial charge in [-0.2, -0.15) is 0 Å². The molecule has 2 aliphatic rings. The molecule has 0 unspecified atom stereocenters. The van der Waals surface area contributed by atoms with Crippen molar-refractivity contribution in [3.05, 3.63) is 127 Å². The molecule has 9 aromatic rings. The number of aromatic nitrogens is 2. The summed E-state index contributed by atoms with van der Waals surface area (Å²) < 4.78 is 5.15. The van der Waals surface area contributed by atoms with Gasteiger partial charge in [-0.15, -0.1) is 0 Å². The summed E-state index contributed by atoms with van der Waals surface area (Å²) in [6, 6.07) is 47.7. The van der Waals surface area contributed by atoms with Gasteiger partial charge in [-0.1, -0.05) is 115 Å². The lowest BCUT2D eigenvalue weighted by molar-refractivity contribution is 1.15. The van der Waals surface area contributed by atoms with Crippen LogP contribution in [0.1, 0.15) is 0 Å². The molecular weight excluding hydrogens is 495 g/mol. The lowest BCUT2D eigenvalue weighted by Crippen LogP contribution is -2.59. The van der Waals surface area contributed by atoms with Gasteiger partial charge in [0, 0.05) is 54.7 Å². The first kappa shape index (κ1) is 20.6. The third kappa shape index (κ3) is 2.24. The van der Waals surface area contributed by atoms with Crippen molar-refractivity contribution in [3.63, 3.8) is 0 Å². The lowest BCUT2D eigenvalue weighted by Gasteiger charge is -2.33. The summed E-state index contributed by atoms with van der Waals surface area (Å²) in [4.78, 5) is 0. The molecule has 4 heterocycles. The van der Waals surface area contributed by atoms with Crippen molar-refractivity contribution in [2.45, 2.75) is 0 Å². The van der Waals surface area contributed by atoms with E-state index in [1.54, 1.807) is 0 Å². The van der Waals surface area contributed by atoms with Gasteiger partial charge in [-0.25, -0.2) is 0 Å². The zero-order chi connectivity index (χ0) is 26.4. The average Bonchev–Trinajstić information content (AvgIpc) is 3.56. The Hall–Kier alpha value is -5.28. The maximum absolute atomic E-state index is 2.58. The summed E-state index contributed by atoms with van der Waals surface area (Å²) in [6.45, 7) is 0.180. The SMILES string of the molecule is c1cc2c3c(c1)-n1c4c(cccc4c4ccc5ccccc5c41)B3c1cccc3c4ccc5ccccc5c4n-2c13. The fourth-order valence-electron chi connectivity index (χ4n) is 8.36. The van der Waals surface area contributed by atoms with Crippen molar-refractivity contribution in [2.75, 3.05) is 0 Å². The van der Waals surface area contributed by atoms with Gasteiger partial charge in [0.25, 0.3) is 6.71 Å². The minimum absolute atomic E-state index is 0.180. The average molecular weight is 516 g/mol. The third-order valence-electron chi connectivity index (χ3n) is 9.86. The summed E-state index contributed by atoms with van der Waals surface area (Å²) in [5.74, 6) is 0. The van der Waals surface area contributed by atoms with Gasteiger partial charge in [0.2, 0.25) is 0 Å². The highest BCUT2D eigenvalue weighted by molar-refractivity contribution is 7.00. The first-order valence-electron chi connectivity index (χ1n) is 14.4. The van der Waals surface area contributed by atoms with Crippen LogP contribution in [-0.2, 0) is 0 Å². The molecule has 0 radical (unpaired) electrons. The Labute approximate surface area is 235 Å². The van der Waals surface area contributed by atoms with Gasteiger partial charge in [-0.05, 0) is 39.3 Å². The molecule has 0 bridgehead atoms. The molecule has 0 fully saturated rings. The number of fused-ring (bicyclic) bond motifs is 14. The second-order valence-electron chi connectivity index (χ2n) is 11.7. The number of nitrogens with zero attached hydrogens (tertiary/aromatic N) is 2. The quantitative estimate of drug-likeness (QED) is 0.187. The van der Waals surface area contributed by atoms with Crippen molar-refractivity contribution in [2.24, 2.45) is 0 Å². The Morgan fingerprint density at radius 1 is 0.341 bits per heavy atom. The number of hydrogen-bond acceptors (Lipinski definition) is 0. The molecule has 0 aliphatic carbocycles. The Balaban J connectivity index is 1.41. The summed E-state index contributed by atoms with van der Waals surface area (Å²) in [6.07, 6.45) is 0. The highest BCUT2D eigenvalue weighted by Gasteiger charge is 2.40. The van der Waals surface area contributed by atoms with Crippen LogP contribution in [0.4, 0.5) is 0 Å². The van der Waals surface area contributed by atoms with Gasteiger partial charge in [0.1, 0.15) is 0 Å². The van der Waals surface area contributed by atoms with E-state index >= 15 is 0 Å². The van der Waals surface area contributed by atoms with E-state index in [2.05, 4.69) is 137 Å². The minimum atomic E-state index is 0.180. The van der Waals surface area contributed by atoms with Crippen molar-refractivity contribution in [3.8, 4) is 11.4 Å². The van der Waals surface area contributed by atoms with Crippen LogP contribution in [0.25, 0.3) is 76.5 Å². The second kappa shape index (κ2) is 6.89. The van der Waals surface area contributed by atoms with Crippen molar-refractivity contribution < 1.29 is 0 Å². The Morgan fingerprint density at radius 3 is 1.32 bits per heavy atom. The fraction of sp³-hybridized carbons (Fsp3) is 0. The molecule has 186 valence electrons. The zero-order valence-electron chi connectivity index (χ0n) is 22.1. The minimum Gasteiger partial charge on any atom is -0.310 e. The van der Waals surface area contributed by atoms with Crippen LogP contribution in [-0.4, -0.2) is 15.8 Å². The Morgan fingerprint density at radius 2 is 0.780 bits per heavy atom. The molecule has 0 saturated heterocycles. The molecule has 2 aromatic heterocycles. The van der Waals surface area contributed by atoms with Crippen molar-refractivity contribution in [1.82, 2.24) is 9.13 Å². The van der Waals surface area contributed by atoms with Crippen LogP contribution < -0.4 is 16.4 Å². The van der Waals surface area contributed by atoms with E-state index in [-0.39, 0.29) is 6.71 Å². The van der Waals surface area contributed by atoms with Crippen molar-refractivity contribution >= 4 is 88.3 Å². The molecule has 3 heteroatoms. The summed E-state index contributed by atoms with van der Waals surface area (Å²) in [7, 11) is 0. The van der Waals surface area contributed by atoms with Crippen LogP contribution in [0.15, 0.2) is 127 Å². The monoisotopic (exact) mass is 516 g/mol. The van der Waals surface area contributed by atoms with Crippen LogP contribution in [0, 0.1) is 0 Å². The maximum Gasteiger partial charge on any atom is 0.252 e. The first-order chi connectivity index (χ1) is 20.4. The Bertz CT molecular complexity index is 2470. The van der Waals surface area contributed by atoms with Crippen LogP contribution in [0.2, 0.25) is 0 Å². The Kier molecular flexibility index (Phi) is 3.46. The van der Waals surface area contributed by atoms with Gasteiger partial charge in [0.15, 0.2) is 0 Å². The first-order valence-corrected chi connectivity index (χ1v) is 14.4. The van der Waals surface area contributed by atoms with E-state index in [1.165, 1.54) is 92.9 Å². The molecule has 0 N–H and O–H groups in total. The van der Waals surface area contributed by atoms with Crippen LogP contribution >= 0.6 is 0 Å². The zero-order valence-corrected chi connectivity index (χ0v) is 22.1. The lowest BCUT2D eigenvalue weighted by atomic mass is 9.34. The highest BCUT2D eigenvalue weighted by atomic mass is 15.0. The second-order valence-corrected chi connectivity index (χ2v) is 11.7. The molecule has 0 saturated carbocycles. The van der Waals surface area contributed by atoms with Crippen LogP contribution in [0.3, 0.4) is 0 Å². The number of hydrogen-bond donors (Lipinski definition) is 0. The molecule has 7 aromatic carbocycles. The van der Waals surface area contributed by atoms with E-state index in [0.717, 1.165) is 0 Å². The van der Waals surface area contributed by atoms with E-state index in [0.29, 0.717) is 0 Å². The van der Waals surface area contributed by atoms with Crippen molar-refractivity contribution in [1.29, 1.82) is 0 Å². The summed E-state index contributed by atoms with van der Waals surface area (Å²) in [5, 5.41) is 10.5. The summed E-state index contributed by atoms with van der Waals surface area (Å²) in [5.41, 5.74) is 12.1. The standard InChI is InChI=1S/C38H21BN2/c1-3-10-24-22(8-1)18-20-28-26-12-5-14-30-37(26)40(35(24)28)32-16-7-17-33-34(32)39(30)31-15-6-13-27-29-21-19-23-9-2-4-11-25(23)36(29)41(33)38(27)31/h1-21H. The molecule has 2 aliphatic heterocycles. The smallest absolute Gasteiger partial charge is 0.252 e. The normalized spacial score (nSPS) is 13.3. The van der Waals surface area contributed by atoms with E-state index in [4.69, 9.17) is 0 Å². The predicted molar refractivity (Wildman–Crippen MR) is 175 cm³/mol. The third-order valence-corrected chi connectivity index (χ3v) is 9.86. The van der Waals surface area contributed by atoms with Gasteiger partial charge < -0.3 is 9.13 Å². The largest absolute Gasteiger partial charge is 0.310 e. The van der Waals surface area contributed by atoms with Gasteiger partial charge >= 0.3 is 0 Å². The molecule has 41 heavy (non-hydrogen) atoms. The molecule has 0 amide bonds. The molecule has 11 rings (SSSR count). The topological polar surface area (TPSA) is 9.86 Å². The number of benzene rings is 7. The predicted octanol–water partition coefficient (Wildman–Crippen LogP) is 7.33. The van der Waals surface area contributed by atoms with E-state index < -0.39 is 0 Å². The maximum atomic E-state index is 2.58.